The lowest BCUT2D eigenvalue weighted by Crippen LogP contribution is -2.29. The largest absolute Gasteiger partial charge is 0.396 e. The molecule has 0 saturated heterocycles. The fourth-order valence-corrected chi connectivity index (χ4v) is 3.74. The van der Waals surface area contributed by atoms with Gasteiger partial charge in [-0.2, -0.15) is 0 Å². The summed E-state index contributed by atoms with van der Waals surface area (Å²) < 4.78 is 8.28. The van der Waals surface area contributed by atoms with Crippen LogP contribution in [0.4, 0.5) is 0 Å². The summed E-state index contributed by atoms with van der Waals surface area (Å²) in [6.45, 7) is 0.783. The first kappa shape index (κ1) is 9.63. The molecule has 5 heteroatoms. The molecular formula is C14H8N3OS+. The van der Waals surface area contributed by atoms with Crippen molar-refractivity contribution < 1.29 is 8.98 Å². The lowest BCUT2D eigenvalue weighted by molar-refractivity contribution is -0.647. The van der Waals surface area contributed by atoms with Gasteiger partial charge in [0.05, 0.1) is 5.39 Å². The van der Waals surface area contributed by atoms with Gasteiger partial charge in [-0.15, -0.1) is 4.57 Å². The second-order valence-electron chi connectivity index (χ2n) is 4.58. The molecule has 0 radical (unpaired) electrons. The number of hydrogen-bond acceptors (Lipinski definition) is 4. The third-order valence-corrected chi connectivity index (χ3v) is 4.64. The molecule has 90 valence electrons. The van der Waals surface area contributed by atoms with Gasteiger partial charge in [-0.3, -0.25) is 4.98 Å². The standard InChI is InChI=1S/C14H8N3OS/c1-3-8-10(15-5-1)7-17-13(8)18-11-9-4-2-6-16-12(9)19-14(11)17/h1-6H,7H2/q+1. The zero-order valence-corrected chi connectivity index (χ0v) is 10.6. The summed E-state index contributed by atoms with van der Waals surface area (Å²) in [4.78, 5) is 11.0. The molecule has 0 amide bonds. The summed E-state index contributed by atoms with van der Waals surface area (Å²) in [5, 5.41) is 1.09. The number of pyridine rings is 2. The van der Waals surface area contributed by atoms with Crippen molar-refractivity contribution in [2.45, 2.75) is 6.54 Å². The van der Waals surface area contributed by atoms with E-state index in [-0.39, 0.29) is 0 Å². The average Bonchev–Trinajstić information content (AvgIpc) is 3.07. The SMILES string of the molecule is c1cnc2c(c1)-c1oc3c4cccnc4sc3[n+]1C2. The number of thiophene rings is 1. The molecule has 0 fully saturated rings. The van der Waals surface area contributed by atoms with E-state index < -0.39 is 0 Å². The van der Waals surface area contributed by atoms with Gasteiger partial charge in [0.2, 0.25) is 5.58 Å². The van der Waals surface area contributed by atoms with E-state index in [0.29, 0.717) is 0 Å². The van der Waals surface area contributed by atoms with Crippen LogP contribution in [0.5, 0.6) is 0 Å². The van der Waals surface area contributed by atoms with E-state index in [1.54, 1.807) is 11.3 Å². The first-order valence-corrected chi connectivity index (χ1v) is 6.87. The molecule has 0 aliphatic carbocycles. The van der Waals surface area contributed by atoms with Gasteiger partial charge in [0.25, 0.3) is 0 Å². The normalized spacial score (nSPS) is 13.1. The molecule has 0 aromatic carbocycles. The minimum Gasteiger partial charge on any atom is -0.396 e. The van der Waals surface area contributed by atoms with Crippen LogP contribution in [-0.4, -0.2) is 9.97 Å². The Kier molecular flexibility index (Phi) is 1.62. The van der Waals surface area contributed by atoms with E-state index in [4.69, 9.17) is 4.42 Å². The predicted molar refractivity (Wildman–Crippen MR) is 71.9 cm³/mol. The third kappa shape index (κ3) is 1.11. The highest BCUT2D eigenvalue weighted by atomic mass is 32.1. The second-order valence-corrected chi connectivity index (χ2v) is 5.56. The summed E-state index contributed by atoms with van der Waals surface area (Å²) >= 11 is 1.67. The Morgan fingerprint density at radius 3 is 3.05 bits per heavy atom. The molecule has 5 rings (SSSR count). The number of hydrogen-bond donors (Lipinski definition) is 0. The summed E-state index contributed by atoms with van der Waals surface area (Å²) in [5.74, 6) is 0.912. The fraction of sp³-hybridized carbons (Fsp3) is 0.0714. The van der Waals surface area contributed by atoms with Crippen molar-refractivity contribution in [1.29, 1.82) is 0 Å². The first-order valence-electron chi connectivity index (χ1n) is 6.06. The van der Waals surface area contributed by atoms with E-state index in [2.05, 4.69) is 26.7 Å². The predicted octanol–water partition coefficient (Wildman–Crippen LogP) is 2.75. The van der Waals surface area contributed by atoms with Gasteiger partial charge in [-0.05, 0) is 35.6 Å². The van der Waals surface area contributed by atoms with Gasteiger partial charge in [0.1, 0.15) is 16.1 Å². The van der Waals surface area contributed by atoms with Crippen LogP contribution in [0.15, 0.2) is 41.1 Å². The highest BCUT2D eigenvalue weighted by Gasteiger charge is 2.36. The lowest BCUT2D eigenvalue weighted by Gasteiger charge is -1.88. The molecule has 4 aromatic heterocycles. The van der Waals surface area contributed by atoms with Crippen LogP contribution in [0, 0.1) is 0 Å². The summed E-state index contributed by atoms with van der Waals surface area (Å²) in [7, 11) is 0. The van der Waals surface area contributed by atoms with Crippen molar-refractivity contribution in [1.82, 2.24) is 9.97 Å². The summed E-state index contributed by atoms with van der Waals surface area (Å²) in [5.41, 5.74) is 3.12. The van der Waals surface area contributed by atoms with Gasteiger partial charge >= 0.3 is 10.7 Å². The Morgan fingerprint density at radius 1 is 1.16 bits per heavy atom. The number of oxazole rings is 1. The van der Waals surface area contributed by atoms with Gasteiger partial charge in [-0.25, -0.2) is 4.98 Å². The molecule has 0 N–H and O–H groups in total. The molecule has 0 unspecified atom stereocenters. The van der Waals surface area contributed by atoms with Crippen LogP contribution in [-0.2, 0) is 6.54 Å². The molecule has 0 bridgehead atoms. The molecule has 0 atom stereocenters. The van der Waals surface area contributed by atoms with E-state index in [9.17, 15) is 0 Å². The van der Waals surface area contributed by atoms with Crippen molar-refractivity contribution in [2.24, 2.45) is 0 Å². The van der Waals surface area contributed by atoms with Crippen molar-refractivity contribution in [3.8, 4) is 11.5 Å². The van der Waals surface area contributed by atoms with Crippen LogP contribution in [0.25, 0.3) is 32.1 Å². The van der Waals surface area contributed by atoms with Gasteiger partial charge in [-0.1, -0.05) is 0 Å². The summed E-state index contributed by atoms with van der Waals surface area (Å²) in [6.07, 6.45) is 3.65. The molecule has 4 aromatic rings. The fourth-order valence-electron chi connectivity index (χ4n) is 2.67. The molecule has 5 heterocycles. The number of aromatic nitrogens is 3. The maximum Gasteiger partial charge on any atom is 0.384 e. The van der Waals surface area contributed by atoms with Crippen LogP contribution in [0.1, 0.15) is 5.69 Å². The second kappa shape index (κ2) is 3.19. The molecule has 4 nitrogen and oxygen atoms in total. The van der Waals surface area contributed by atoms with E-state index in [1.165, 1.54) is 0 Å². The molecule has 1 aliphatic rings. The van der Waals surface area contributed by atoms with Crippen molar-refractivity contribution in [3.05, 3.63) is 42.4 Å². The van der Waals surface area contributed by atoms with Crippen LogP contribution >= 0.6 is 11.3 Å². The lowest BCUT2D eigenvalue weighted by atomic mass is 10.2. The van der Waals surface area contributed by atoms with Crippen molar-refractivity contribution in [2.75, 3.05) is 0 Å². The van der Waals surface area contributed by atoms with E-state index in [0.717, 1.165) is 44.3 Å². The Labute approximate surface area is 112 Å². The molecule has 0 saturated carbocycles. The Morgan fingerprint density at radius 2 is 2.05 bits per heavy atom. The topological polar surface area (TPSA) is 42.8 Å². The van der Waals surface area contributed by atoms with Gasteiger partial charge in [0, 0.05) is 12.4 Å². The number of rotatable bonds is 0. The van der Waals surface area contributed by atoms with Crippen LogP contribution < -0.4 is 4.57 Å². The number of fused-ring (bicyclic) bond motifs is 7. The highest BCUT2D eigenvalue weighted by Crippen LogP contribution is 2.37. The number of nitrogens with zero attached hydrogens (tertiary/aromatic N) is 3. The van der Waals surface area contributed by atoms with Crippen molar-refractivity contribution >= 4 is 32.0 Å². The minimum atomic E-state index is 0.783. The first-order chi connectivity index (χ1) is 9.42. The zero-order valence-electron chi connectivity index (χ0n) is 9.83. The Hall–Kier alpha value is -2.27. The smallest absolute Gasteiger partial charge is 0.384 e. The Bertz CT molecular complexity index is 954. The van der Waals surface area contributed by atoms with Gasteiger partial charge < -0.3 is 4.42 Å². The molecule has 0 spiro atoms. The minimum absolute atomic E-state index is 0.783. The third-order valence-electron chi connectivity index (χ3n) is 3.52. The van der Waals surface area contributed by atoms with E-state index in [1.807, 2.05) is 24.5 Å². The van der Waals surface area contributed by atoms with E-state index >= 15 is 0 Å². The molecule has 1 aliphatic heterocycles. The summed E-state index contributed by atoms with van der Waals surface area (Å²) in [6, 6.07) is 8.02. The monoisotopic (exact) mass is 266 g/mol. The highest BCUT2D eigenvalue weighted by molar-refractivity contribution is 7.24. The quantitative estimate of drug-likeness (QED) is 0.405. The maximum absolute atomic E-state index is 6.08. The Balaban J connectivity index is 1.93. The van der Waals surface area contributed by atoms with Crippen molar-refractivity contribution in [3.63, 3.8) is 0 Å². The molecular weight excluding hydrogens is 258 g/mol. The molecule has 19 heavy (non-hydrogen) atoms. The zero-order chi connectivity index (χ0) is 12.4. The van der Waals surface area contributed by atoms with Gasteiger partial charge in [0.15, 0.2) is 6.54 Å². The average molecular weight is 266 g/mol. The van der Waals surface area contributed by atoms with Crippen LogP contribution in [0.3, 0.4) is 0 Å². The van der Waals surface area contributed by atoms with Crippen LogP contribution in [0.2, 0.25) is 0 Å². The maximum atomic E-state index is 6.08.